The van der Waals surface area contributed by atoms with Gasteiger partial charge in [-0.2, -0.15) is 0 Å². The molecule has 25 nitrogen and oxygen atoms in total. The van der Waals surface area contributed by atoms with Gasteiger partial charge in [0, 0.05) is 81.0 Å². The van der Waals surface area contributed by atoms with Crippen molar-refractivity contribution in [3.05, 3.63) is 95.8 Å². The second-order valence-electron chi connectivity index (χ2n) is 20.9. The number of nitrogens with zero attached hydrogens (tertiary/aromatic N) is 3. The van der Waals surface area contributed by atoms with Crippen molar-refractivity contribution in [1.82, 2.24) is 41.0 Å². The van der Waals surface area contributed by atoms with E-state index in [9.17, 15) is 82.0 Å². The molecule has 448 valence electrons. The number of nitrogens with one attached hydrogen (secondary N) is 5. The zero-order chi connectivity index (χ0) is 61.9. The predicted octanol–water partition coefficient (Wildman–Crippen LogP) is 0.940. The molecule has 83 heavy (non-hydrogen) atoms. The van der Waals surface area contributed by atoms with Crippen LogP contribution in [0.2, 0.25) is 0 Å². The van der Waals surface area contributed by atoms with Crippen molar-refractivity contribution in [2.75, 3.05) is 26.2 Å². The van der Waals surface area contributed by atoms with Crippen LogP contribution in [-0.4, -0.2) is 157 Å². The highest BCUT2D eigenvalue weighted by Crippen LogP contribution is 2.41. The lowest BCUT2D eigenvalue weighted by atomic mass is 9.82. The topological polar surface area (TPSA) is 380 Å². The van der Waals surface area contributed by atoms with Gasteiger partial charge in [0.1, 0.15) is 36.9 Å². The minimum absolute atomic E-state index is 0.115. The molecular weight excluding hydrogens is 1090 g/mol. The number of imide groups is 1. The van der Waals surface area contributed by atoms with E-state index in [0.717, 1.165) is 42.8 Å². The van der Waals surface area contributed by atoms with E-state index in [1.54, 1.807) is 55.8 Å². The predicted molar refractivity (Wildman–Crippen MR) is 289 cm³/mol. The number of hydrogen-bond donors (Lipinski definition) is 9. The average molecular weight is 1160 g/mol. The van der Waals surface area contributed by atoms with Gasteiger partial charge in [-0.05, 0) is 61.4 Å². The summed E-state index contributed by atoms with van der Waals surface area (Å²) in [6, 6.07) is 6.08. The standard InChI is InChI=1S/C56H69F2N9O16/c1-31(61-32(2)69)44(71)23-34(24-51(79)80)53(81)64-41(26-45(59)72)55(83)63-40(54(82)60-20-9-12-43(70)39(15-18-50(77)78)62-46(73)29-67-47(74)16-17-48(67)75)19-21-66(49(76)30-68)52(56(3,4)5)42-22-35(37-25-36(57)13-14-38(37)58)28-65(42)27-33-10-7-6-8-11-33/h6-8,10-11,13-14,16-17,22,25,28,31,34,39-41,52,68H,9,12,15,18-21,23-24,26-27,29-30H2,1-5H3,(H2,59,72)(H,60,82)(H,61,69)(H,62,73)(H,63,83)(H,64,81)(H,77,78)(H,79,80)/t31-,34+,39+,40-,41-,52-/m0/s1. The van der Waals surface area contributed by atoms with Gasteiger partial charge < -0.3 is 57.1 Å². The number of benzene rings is 2. The van der Waals surface area contributed by atoms with Crippen LogP contribution in [0.1, 0.15) is 103 Å². The van der Waals surface area contributed by atoms with Crippen LogP contribution < -0.4 is 32.3 Å². The normalized spacial score (nSPS) is 14.3. The summed E-state index contributed by atoms with van der Waals surface area (Å²) in [6.45, 7) is 5.11. The number of carboxylic acid groups (broad SMARTS) is 2. The van der Waals surface area contributed by atoms with Gasteiger partial charge in [-0.1, -0.05) is 51.1 Å². The first-order valence-electron chi connectivity index (χ1n) is 26.3. The molecule has 0 unspecified atom stereocenters. The SMILES string of the molecule is CC(=O)N[C@@H](C)C(=O)C[C@H](CC(=O)O)C(=O)N[C@@H](CC(N)=O)C(=O)N[C@@H](CCN(C(=O)CO)[C@@H](c1cc(-c2cc(F)ccc2F)cn1Cc1ccccc1)C(C)(C)C)C(=O)NCCCC(=O)[C@@H](CCC(=O)O)NC(=O)CN1C(=O)C=CC1=O. The molecule has 0 radical (unpaired) electrons. The zero-order valence-electron chi connectivity index (χ0n) is 46.4. The van der Waals surface area contributed by atoms with Gasteiger partial charge in [-0.3, -0.25) is 67.2 Å². The van der Waals surface area contributed by atoms with E-state index in [1.165, 1.54) is 11.8 Å². The minimum atomic E-state index is -1.94. The maximum atomic E-state index is 15.4. The zero-order valence-corrected chi connectivity index (χ0v) is 46.4. The molecule has 2 aromatic carbocycles. The largest absolute Gasteiger partial charge is 0.481 e. The Bertz CT molecular complexity index is 2960. The van der Waals surface area contributed by atoms with Crippen molar-refractivity contribution in [3.8, 4) is 11.1 Å². The number of hydrogen-bond acceptors (Lipinski definition) is 14. The molecule has 3 aromatic rings. The maximum absolute atomic E-state index is 15.4. The summed E-state index contributed by atoms with van der Waals surface area (Å²) in [6.07, 6.45) is -1.30. The molecule has 0 spiro atoms. The Kier molecular flexibility index (Phi) is 24.6. The molecule has 4 rings (SSSR count). The van der Waals surface area contributed by atoms with Crippen LogP contribution >= 0.6 is 0 Å². The fourth-order valence-electron chi connectivity index (χ4n) is 9.21. The summed E-state index contributed by atoms with van der Waals surface area (Å²) < 4.78 is 31.8. The summed E-state index contributed by atoms with van der Waals surface area (Å²) >= 11 is 0. The number of halogens is 2. The molecular formula is C56H69F2N9O16. The number of primary amides is 1. The highest BCUT2D eigenvalue weighted by Gasteiger charge is 2.39. The molecule has 1 aliphatic rings. The van der Waals surface area contributed by atoms with Crippen molar-refractivity contribution >= 4 is 76.7 Å². The summed E-state index contributed by atoms with van der Waals surface area (Å²) in [5.74, 6) is -16.1. The first-order chi connectivity index (χ1) is 39.0. The van der Waals surface area contributed by atoms with Crippen LogP contribution in [0, 0.1) is 23.0 Å². The number of amides is 9. The molecule has 27 heteroatoms. The van der Waals surface area contributed by atoms with E-state index in [4.69, 9.17) is 5.73 Å². The Morgan fingerprint density at radius 3 is 1.98 bits per heavy atom. The van der Waals surface area contributed by atoms with Crippen LogP contribution in [0.5, 0.6) is 0 Å². The first-order valence-corrected chi connectivity index (χ1v) is 26.3. The van der Waals surface area contributed by atoms with Crippen molar-refractivity contribution in [2.24, 2.45) is 17.1 Å². The molecule has 1 aliphatic heterocycles. The molecule has 0 saturated carbocycles. The minimum Gasteiger partial charge on any atom is -0.481 e. The molecule has 10 N–H and O–H groups in total. The molecule has 0 fully saturated rings. The van der Waals surface area contributed by atoms with Crippen molar-refractivity contribution in [3.63, 3.8) is 0 Å². The molecule has 9 amide bonds. The monoisotopic (exact) mass is 1160 g/mol. The number of rotatable bonds is 33. The number of ketones is 2. The number of Topliss-reactive ketones (excluding diaryl/α,β-unsaturated/α-hetero) is 2. The van der Waals surface area contributed by atoms with Gasteiger partial charge in [-0.15, -0.1) is 0 Å². The number of aliphatic carboxylic acids is 2. The summed E-state index contributed by atoms with van der Waals surface area (Å²) in [7, 11) is 0. The number of aliphatic hydroxyl groups excluding tert-OH is 1. The molecule has 0 aliphatic carbocycles. The Morgan fingerprint density at radius 2 is 1.39 bits per heavy atom. The van der Waals surface area contributed by atoms with Gasteiger partial charge in [0.15, 0.2) is 11.6 Å². The lowest BCUT2D eigenvalue weighted by Crippen LogP contribution is -2.56. The second-order valence-corrected chi connectivity index (χ2v) is 20.9. The van der Waals surface area contributed by atoms with Crippen LogP contribution in [0.15, 0.2) is 72.9 Å². The quantitative estimate of drug-likeness (QED) is 0.0303. The molecule has 1 aromatic heterocycles. The number of carbonyl (C=O) groups excluding carboxylic acids is 11. The molecule has 0 bridgehead atoms. The lowest BCUT2D eigenvalue weighted by molar-refractivity contribution is -0.143. The highest BCUT2D eigenvalue weighted by atomic mass is 19.1. The average Bonchev–Trinajstić information content (AvgIpc) is 4.18. The van der Waals surface area contributed by atoms with Crippen molar-refractivity contribution < 1.29 is 86.4 Å². The summed E-state index contributed by atoms with van der Waals surface area (Å²) in [5.41, 5.74) is 5.72. The number of aromatic nitrogens is 1. The smallest absolute Gasteiger partial charge is 0.304 e. The van der Waals surface area contributed by atoms with E-state index < -0.39 is 194 Å². The fraction of sp³-hybridized carbons (Fsp3) is 0.446. The second kappa shape index (κ2) is 30.7. The van der Waals surface area contributed by atoms with E-state index in [1.807, 2.05) is 12.1 Å². The Balaban J connectivity index is 1.72. The van der Waals surface area contributed by atoms with Gasteiger partial charge in [-0.25, -0.2) is 8.78 Å². The van der Waals surface area contributed by atoms with Gasteiger partial charge in [0.05, 0.1) is 36.9 Å². The lowest BCUT2D eigenvalue weighted by Gasteiger charge is -2.41. The first kappa shape index (κ1) is 66.5. The molecule has 2 heterocycles. The number of aliphatic hydroxyl groups is 1. The van der Waals surface area contributed by atoms with E-state index in [2.05, 4.69) is 26.6 Å². The Labute approximate surface area is 475 Å². The van der Waals surface area contributed by atoms with Gasteiger partial charge in [0.2, 0.25) is 41.4 Å². The summed E-state index contributed by atoms with van der Waals surface area (Å²) in [5, 5.41) is 41.4. The Morgan fingerprint density at radius 1 is 0.735 bits per heavy atom. The fourth-order valence-corrected chi connectivity index (χ4v) is 9.21. The van der Waals surface area contributed by atoms with Crippen LogP contribution in [0.3, 0.4) is 0 Å². The summed E-state index contributed by atoms with van der Waals surface area (Å²) in [4.78, 5) is 169. The number of carboxylic acids is 2. The number of carbonyl (C=O) groups is 13. The van der Waals surface area contributed by atoms with Crippen molar-refractivity contribution in [1.29, 1.82) is 0 Å². The van der Waals surface area contributed by atoms with Gasteiger partial charge in [0.25, 0.3) is 11.8 Å². The van der Waals surface area contributed by atoms with Gasteiger partial charge >= 0.3 is 11.9 Å². The molecule has 0 saturated heterocycles. The third-order valence-corrected chi connectivity index (χ3v) is 13.2. The third kappa shape index (κ3) is 20.5. The maximum Gasteiger partial charge on any atom is 0.304 e. The third-order valence-electron chi connectivity index (χ3n) is 13.2. The Hall–Kier alpha value is -9.01. The highest BCUT2D eigenvalue weighted by molar-refractivity contribution is 6.14. The van der Waals surface area contributed by atoms with E-state index in [0.29, 0.717) is 10.6 Å². The van der Waals surface area contributed by atoms with Crippen molar-refractivity contribution in [2.45, 2.75) is 123 Å². The van der Waals surface area contributed by atoms with Crippen LogP contribution in [0.4, 0.5) is 8.78 Å². The molecule has 6 atom stereocenters. The van der Waals surface area contributed by atoms with Crippen LogP contribution in [-0.2, 0) is 68.9 Å². The van der Waals surface area contributed by atoms with Crippen LogP contribution in [0.25, 0.3) is 11.1 Å². The number of nitrogens with two attached hydrogens (primary N) is 1. The van der Waals surface area contributed by atoms with E-state index in [-0.39, 0.29) is 30.6 Å². The van der Waals surface area contributed by atoms with E-state index >= 15 is 4.39 Å².